The van der Waals surface area contributed by atoms with E-state index in [1.165, 1.54) is 0 Å². The predicted octanol–water partition coefficient (Wildman–Crippen LogP) is 2.39. The molecule has 7 heteroatoms. The van der Waals surface area contributed by atoms with Gasteiger partial charge in [-0.3, -0.25) is 4.68 Å². The molecule has 3 N–H and O–H groups in total. The zero-order valence-electron chi connectivity index (χ0n) is 15.8. The second kappa shape index (κ2) is 9.94. The third-order valence-corrected chi connectivity index (χ3v) is 4.35. The molecule has 1 atom stereocenters. The zero-order chi connectivity index (χ0) is 18.9. The first-order valence-corrected chi connectivity index (χ1v) is 9.06. The second-order valence-electron chi connectivity index (χ2n) is 6.28. The molecule has 0 aliphatic rings. The first kappa shape index (κ1) is 19.9. The molecule has 1 heterocycles. The number of hydrogen-bond donors (Lipinski definition) is 3. The van der Waals surface area contributed by atoms with Crippen molar-refractivity contribution in [1.29, 1.82) is 0 Å². The lowest BCUT2D eigenvalue weighted by Gasteiger charge is -2.17. The van der Waals surface area contributed by atoms with Gasteiger partial charge in [-0.15, -0.1) is 0 Å². The molecule has 2 rings (SSSR count). The van der Waals surface area contributed by atoms with Crippen LogP contribution >= 0.6 is 0 Å². The number of carbonyl (C=O) groups is 1. The maximum atomic E-state index is 12.0. The number of aliphatic hydroxyl groups is 1. The molecule has 0 spiro atoms. The van der Waals surface area contributed by atoms with Crippen LogP contribution in [0.25, 0.3) is 0 Å². The van der Waals surface area contributed by atoms with Crippen LogP contribution < -0.4 is 10.6 Å². The summed E-state index contributed by atoms with van der Waals surface area (Å²) in [6.07, 6.45) is 2.69. The minimum absolute atomic E-state index is 0.144. The molecule has 0 saturated heterocycles. The Labute approximate surface area is 155 Å². The fourth-order valence-corrected chi connectivity index (χ4v) is 2.61. The zero-order valence-corrected chi connectivity index (χ0v) is 15.8. The molecule has 1 unspecified atom stereocenters. The van der Waals surface area contributed by atoms with Crippen molar-refractivity contribution in [3.8, 4) is 0 Å². The first-order chi connectivity index (χ1) is 12.5. The van der Waals surface area contributed by atoms with Gasteiger partial charge in [-0.25, -0.2) is 4.79 Å². The average molecular weight is 359 g/mol. The predicted molar refractivity (Wildman–Crippen MR) is 103 cm³/mol. The number of anilines is 1. The number of carbonyl (C=O) groups excluding carboxylic acids is 1. The SMILES string of the molecule is CCN(CC)CCn1cc(NC(=O)NCC(O)c2ccc(C)cc2)cn1. The van der Waals surface area contributed by atoms with Gasteiger partial charge in [0.25, 0.3) is 0 Å². The highest BCUT2D eigenvalue weighted by Crippen LogP contribution is 2.12. The van der Waals surface area contributed by atoms with Crippen LogP contribution in [0.4, 0.5) is 10.5 Å². The summed E-state index contributed by atoms with van der Waals surface area (Å²) in [7, 11) is 0. The van der Waals surface area contributed by atoms with Crippen molar-refractivity contribution >= 4 is 11.7 Å². The summed E-state index contributed by atoms with van der Waals surface area (Å²) in [5.41, 5.74) is 2.54. The largest absolute Gasteiger partial charge is 0.387 e. The summed E-state index contributed by atoms with van der Waals surface area (Å²) >= 11 is 0. The van der Waals surface area contributed by atoms with Crippen LogP contribution in [0.1, 0.15) is 31.1 Å². The standard InChI is InChI=1S/C19H29N5O2/c1-4-23(5-2)10-11-24-14-17(12-21-24)22-19(26)20-13-18(25)16-8-6-15(3)7-9-16/h6-9,12,14,18,25H,4-5,10-11,13H2,1-3H3,(H2,20,22,26). The van der Waals surface area contributed by atoms with Gasteiger partial charge in [-0.05, 0) is 25.6 Å². The second-order valence-corrected chi connectivity index (χ2v) is 6.28. The average Bonchev–Trinajstić information content (AvgIpc) is 3.08. The van der Waals surface area contributed by atoms with Gasteiger partial charge in [0.05, 0.1) is 24.5 Å². The number of aryl methyl sites for hydroxylation is 1. The van der Waals surface area contributed by atoms with E-state index in [-0.39, 0.29) is 12.6 Å². The van der Waals surface area contributed by atoms with Gasteiger partial charge in [0, 0.05) is 19.3 Å². The van der Waals surface area contributed by atoms with Gasteiger partial charge in [0.15, 0.2) is 0 Å². The van der Waals surface area contributed by atoms with E-state index in [2.05, 4.69) is 34.5 Å². The van der Waals surface area contributed by atoms with E-state index < -0.39 is 6.10 Å². The Kier molecular flexibility index (Phi) is 7.62. The van der Waals surface area contributed by atoms with E-state index in [1.54, 1.807) is 12.4 Å². The highest BCUT2D eigenvalue weighted by atomic mass is 16.3. The van der Waals surface area contributed by atoms with Crippen molar-refractivity contribution in [3.05, 3.63) is 47.8 Å². The molecule has 0 radical (unpaired) electrons. The molecule has 2 aromatic rings. The van der Waals surface area contributed by atoms with Gasteiger partial charge in [0.1, 0.15) is 0 Å². The molecule has 1 aromatic heterocycles. The number of likely N-dealkylation sites (N-methyl/N-ethyl adjacent to an activating group) is 1. The van der Waals surface area contributed by atoms with E-state index in [0.29, 0.717) is 5.69 Å². The van der Waals surface area contributed by atoms with Crippen LogP contribution in [0.3, 0.4) is 0 Å². The van der Waals surface area contributed by atoms with Crippen LogP contribution in [0.5, 0.6) is 0 Å². The monoisotopic (exact) mass is 359 g/mol. The van der Waals surface area contributed by atoms with Gasteiger partial charge in [-0.1, -0.05) is 43.7 Å². The van der Waals surface area contributed by atoms with Crippen molar-refractivity contribution in [1.82, 2.24) is 20.0 Å². The van der Waals surface area contributed by atoms with Crippen molar-refractivity contribution in [2.45, 2.75) is 33.4 Å². The van der Waals surface area contributed by atoms with Crippen molar-refractivity contribution < 1.29 is 9.90 Å². The maximum absolute atomic E-state index is 12.0. The smallest absolute Gasteiger partial charge is 0.319 e. The maximum Gasteiger partial charge on any atom is 0.319 e. The minimum Gasteiger partial charge on any atom is -0.387 e. The number of hydrogen-bond acceptors (Lipinski definition) is 4. The number of benzene rings is 1. The van der Waals surface area contributed by atoms with Crippen molar-refractivity contribution in [3.63, 3.8) is 0 Å². The molecule has 0 aliphatic heterocycles. The number of rotatable bonds is 9. The molecule has 0 fully saturated rings. The molecule has 7 nitrogen and oxygen atoms in total. The Morgan fingerprint density at radius 2 is 1.96 bits per heavy atom. The van der Waals surface area contributed by atoms with Gasteiger partial charge < -0.3 is 20.6 Å². The van der Waals surface area contributed by atoms with Crippen LogP contribution in [0.2, 0.25) is 0 Å². The fraction of sp³-hybridized carbons (Fsp3) is 0.474. The highest BCUT2D eigenvalue weighted by Gasteiger charge is 2.10. The van der Waals surface area contributed by atoms with Gasteiger partial charge in [0.2, 0.25) is 0 Å². The summed E-state index contributed by atoms with van der Waals surface area (Å²) in [5, 5.41) is 19.8. The van der Waals surface area contributed by atoms with Gasteiger partial charge >= 0.3 is 6.03 Å². The number of amides is 2. The van der Waals surface area contributed by atoms with Crippen LogP contribution in [0, 0.1) is 6.92 Å². The molecule has 1 aromatic carbocycles. The lowest BCUT2D eigenvalue weighted by Crippen LogP contribution is -2.32. The normalized spacial score (nSPS) is 12.2. The van der Waals surface area contributed by atoms with E-state index in [9.17, 15) is 9.90 Å². The van der Waals surface area contributed by atoms with E-state index in [0.717, 1.165) is 37.3 Å². The topological polar surface area (TPSA) is 82.4 Å². The molecular formula is C19H29N5O2. The Balaban J connectivity index is 1.76. The summed E-state index contributed by atoms with van der Waals surface area (Å²) in [5.74, 6) is 0. The third kappa shape index (κ3) is 6.16. The lowest BCUT2D eigenvalue weighted by atomic mass is 10.1. The molecule has 2 amide bonds. The summed E-state index contributed by atoms with van der Waals surface area (Å²) < 4.78 is 1.81. The molecule has 0 saturated carbocycles. The quantitative estimate of drug-likeness (QED) is 0.642. The lowest BCUT2D eigenvalue weighted by molar-refractivity contribution is 0.175. The molecular weight excluding hydrogens is 330 g/mol. The Morgan fingerprint density at radius 3 is 2.62 bits per heavy atom. The number of urea groups is 1. The number of aliphatic hydroxyl groups excluding tert-OH is 1. The molecule has 26 heavy (non-hydrogen) atoms. The molecule has 142 valence electrons. The van der Waals surface area contributed by atoms with E-state index in [1.807, 2.05) is 35.9 Å². The molecule has 0 aliphatic carbocycles. The Hall–Kier alpha value is -2.38. The Morgan fingerprint density at radius 1 is 1.27 bits per heavy atom. The highest BCUT2D eigenvalue weighted by molar-refractivity contribution is 5.88. The number of nitrogens with zero attached hydrogens (tertiary/aromatic N) is 3. The van der Waals surface area contributed by atoms with Crippen LogP contribution in [-0.2, 0) is 6.54 Å². The van der Waals surface area contributed by atoms with E-state index in [4.69, 9.17) is 0 Å². The Bertz CT molecular complexity index is 679. The van der Waals surface area contributed by atoms with Crippen molar-refractivity contribution in [2.75, 3.05) is 31.5 Å². The summed E-state index contributed by atoms with van der Waals surface area (Å²) in [6.45, 7) is 10.1. The van der Waals surface area contributed by atoms with Crippen LogP contribution in [-0.4, -0.2) is 52.0 Å². The third-order valence-electron chi connectivity index (χ3n) is 4.35. The fourth-order valence-electron chi connectivity index (χ4n) is 2.61. The molecule has 0 bridgehead atoms. The number of aromatic nitrogens is 2. The van der Waals surface area contributed by atoms with Crippen molar-refractivity contribution in [2.24, 2.45) is 0 Å². The summed E-state index contributed by atoms with van der Waals surface area (Å²) in [4.78, 5) is 14.3. The number of nitrogens with one attached hydrogen (secondary N) is 2. The van der Waals surface area contributed by atoms with E-state index >= 15 is 0 Å². The van der Waals surface area contributed by atoms with Gasteiger partial charge in [-0.2, -0.15) is 5.10 Å². The first-order valence-electron chi connectivity index (χ1n) is 9.06. The van der Waals surface area contributed by atoms with Crippen LogP contribution in [0.15, 0.2) is 36.7 Å². The minimum atomic E-state index is -0.738. The summed E-state index contributed by atoms with van der Waals surface area (Å²) in [6, 6.07) is 7.23.